The average molecular weight is 478 g/mol. The van der Waals surface area contributed by atoms with Gasteiger partial charge in [-0.25, -0.2) is 14.2 Å². The number of amides is 3. The predicted octanol–water partition coefficient (Wildman–Crippen LogP) is 5.15. The van der Waals surface area contributed by atoms with Crippen molar-refractivity contribution in [1.29, 1.82) is 0 Å². The highest BCUT2D eigenvalue weighted by atomic mass is 19.1. The topological polar surface area (TPSA) is 79.3 Å². The van der Waals surface area contributed by atoms with Gasteiger partial charge >= 0.3 is 6.03 Å². The summed E-state index contributed by atoms with van der Waals surface area (Å²) in [6, 6.07) is 14.2. The van der Waals surface area contributed by atoms with Gasteiger partial charge in [0.25, 0.3) is 0 Å². The van der Waals surface area contributed by atoms with E-state index in [1.165, 1.54) is 6.07 Å². The van der Waals surface area contributed by atoms with E-state index < -0.39 is 5.54 Å². The van der Waals surface area contributed by atoms with Crippen LogP contribution in [0.15, 0.2) is 54.7 Å². The van der Waals surface area contributed by atoms with Crippen LogP contribution in [-0.2, 0) is 4.79 Å². The van der Waals surface area contributed by atoms with Crippen molar-refractivity contribution in [3.63, 3.8) is 0 Å². The second-order valence-electron chi connectivity index (χ2n) is 10.2. The zero-order valence-electron chi connectivity index (χ0n) is 20.6. The van der Waals surface area contributed by atoms with Gasteiger partial charge in [-0.3, -0.25) is 14.7 Å². The molecule has 0 atom stereocenters. The zero-order valence-corrected chi connectivity index (χ0v) is 20.6. The van der Waals surface area contributed by atoms with Crippen LogP contribution in [-0.4, -0.2) is 45.0 Å². The molecule has 184 valence electrons. The monoisotopic (exact) mass is 477 g/mol. The molecule has 8 heteroatoms. The van der Waals surface area contributed by atoms with Crippen molar-refractivity contribution in [1.82, 2.24) is 19.8 Å². The summed E-state index contributed by atoms with van der Waals surface area (Å²) in [5.41, 5.74) is 2.17. The number of nitrogens with one attached hydrogen (secondary N) is 2. The lowest BCUT2D eigenvalue weighted by molar-refractivity contribution is -0.116. The van der Waals surface area contributed by atoms with Crippen LogP contribution in [0.5, 0.6) is 0 Å². The Balaban J connectivity index is 1.59. The quantitative estimate of drug-likeness (QED) is 0.494. The molecule has 4 rings (SSSR count). The Bertz CT molecular complexity index is 1210. The number of halogens is 1. The number of urea groups is 1. The molecule has 1 aliphatic rings. The van der Waals surface area contributed by atoms with Crippen molar-refractivity contribution >= 4 is 17.9 Å². The minimum Gasteiger partial charge on any atom is -0.333 e. The third-order valence-electron chi connectivity index (χ3n) is 5.74. The van der Waals surface area contributed by atoms with Gasteiger partial charge in [0.2, 0.25) is 11.9 Å². The van der Waals surface area contributed by atoms with Gasteiger partial charge in [-0.05, 0) is 64.2 Å². The van der Waals surface area contributed by atoms with E-state index in [0.717, 1.165) is 18.4 Å². The second-order valence-corrected chi connectivity index (χ2v) is 10.2. The van der Waals surface area contributed by atoms with E-state index in [-0.39, 0.29) is 30.2 Å². The number of anilines is 1. The number of hydrogen-bond donors (Lipinski definition) is 2. The van der Waals surface area contributed by atoms with E-state index in [4.69, 9.17) is 0 Å². The fourth-order valence-corrected chi connectivity index (χ4v) is 3.71. The Labute approximate surface area is 205 Å². The Kier molecular flexibility index (Phi) is 6.91. The summed E-state index contributed by atoms with van der Waals surface area (Å²) in [7, 11) is 0. The predicted molar refractivity (Wildman–Crippen MR) is 135 cm³/mol. The second kappa shape index (κ2) is 9.90. The van der Waals surface area contributed by atoms with Crippen LogP contribution >= 0.6 is 0 Å². The molecule has 2 N–H and O–H groups in total. The number of imidazole rings is 1. The summed E-state index contributed by atoms with van der Waals surface area (Å²) in [6.45, 7) is 7.84. The molecular weight excluding hydrogens is 445 g/mol. The fraction of sp³-hybridized carbons (Fsp3) is 0.370. The first kappa shape index (κ1) is 24.4. The molecule has 1 aromatic heterocycles. The van der Waals surface area contributed by atoms with Gasteiger partial charge in [-0.15, -0.1) is 0 Å². The normalized spacial score (nSPS) is 13.4. The van der Waals surface area contributed by atoms with Crippen LogP contribution in [0.1, 0.15) is 39.2 Å². The molecule has 0 saturated heterocycles. The third-order valence-corrected chi connectivity index (χ3v) is 5.74. The van der Waals surface area contributed by atoms with Gasteiger partial charge in [0.05, 0.1) is 11.4 Å². The maximum Gasteiger partial charge on any atom is 0.318 e. The first-order chi connectivity index (χ1) is 16.6. The van der Waals surface area contributed by atoms with E-state index in [1.54, 1.807) is 34.7 Å². The molecule has 1 aliphatic carbocycles. The zero-order chi connectivity index (χ0) is 25.2. The summed E-state index contributed by atoms with van der Waals surface area (Å²) in [6.07, 6.45) is 3.89. The number of carbonyl (C=O) groups excluding carboxylic acids is 2. The molecule has 0 bridgehead atoms. The van der Waals surface area contributed by atoms with Gasteiger partial charge in [0.15, 0.2) is 0 Å². The Morgan fingerprint density at radius 1 is 1.14 bits per heavy atom. The number of benzene rings is 2. The van der Waals surface area contributed by atoms with Crippen LogP contribution in [0.25, 0.3) is 16.9 Å². The minimum absolute atomic E-state index is 0.103. The van der Waals surface area contributed by atoms with Crippen molar-refractivity contribution in [2.45, 2.75) is 46.1 Å². The molecule has 0 aliphatic heterocycles. The van der Waals surface area contributed by atoms with Crippen LogP contribution in [0.2, 0.25) is 0 Å². The van der Waals surface area contributed by atoms with Crippen molar-refractivity contribution in [3.05, 3.63) is 66.1 Å². The lowest BCUT2D eigenvalue weighted by Gasteiger charge is -2.28. The Hall–Kier alpha value is -3.68. The smallest absolute Gasteiger partial charge is 0.318 e. The van der Waals surface area contributed by atoms with E-state index in [0.29, 0.717) is 29.4 Å². The van der Waals surface area contributed by atoms with Gasteiger partial charge in [0, 0.05) is 23.8 Å². The molecule has 2 aromatic carbocycles. The molecule has 3 amide bonds. The summed E-state index contributed by atoms with van der Waals surface area (Å²) in [5.74, 6) is -0.0200. The van der Waals surface area contributed by atoms with Crippen molar-refractivity contribution < 1.29 is 14.0 Å². The molecule has 1 heterocycles. The SMILES string of the molecule is Cc1ccc(-n2cc(-c3ccccc3)nc2NC(=O)CN(CC2CC2)C(=O)NC(C)(C)C)cc1F. The minimum atomic E-state index is -0.411. The Morgan fingerprint density at radius 2 is 1.86 bits per heavy atom. The van der Waals surface area contributed by atoms with Crippen LogP contribution in [0.3, 0.4) is 0 Å². The standard InChI is InChI=1S/C27H32FN5O2/c1-18-10-13-21(14-22(18)28)33-16-23(20-8-6-5-7-9-20)29-25(33)30-24(34)17-32(15-19-11-12-19)26(35)31-27(2,3)4/h5-10,13-14,16,19H,11-12,15,17H2,1-4H3,(H,31,35)(H,29,30,34). The van der Waals surface area contributed by atoms with E-state index >= 15 is 0 Å². The first-order valence-electron chi connectivity index (χ1n) is 11.9. The molecule has 7 nitrogen and oxygen atoms in total. The Morgan fingerprint density at radius 3 is 2.49 bits per heavy atom. The summed E-state index contributed by atoms with van der Waals surface area (Å²) in [4.78, 5) is 32.1. The summed E-state index contributed by atoms with van der Waals surface area (Å²) < 4.78 is 16.0. The number of aromatic nitrogens is 2. The number of carbonyl (C=O) groups is 2. The van der Waals surface area contributed by atoms with Gasteiger partial charge in [-0.2, -0.15) is 0 Å². The number of hydrogen-bond acceptors (Lipinski definition) is 3. The van der Waals surface area contributed by atoms with E-state index in [2.05, 4.69) is 15.6 Å². The molecular formula is C27H32FN5O2. The number of rotatable bonds is 7. The number of aryl methyl sites for hydroxylation is 1. The molecule has 35 heavy (non-hydrogen) atoms. The largest absolute Gasteiger partial charge is 0.333 e. The molecule has 1 saturated carbocycles. The van der Waals surface area contributed by atoms with Gasteiger partial charge in [-0.1, -0.05) is 36.4 Å². The van der Waals surface area contributed by atoms with Crippen molar-refractivity contribution in [3.8, 4) is 16.9 Å². The van der Waals surface area contributed by atoms with Gasteiger partial charge < -0.3 is 10.2 Å². The summed E-state index contributed by atoms with van der Waals surface area (Å²) >= 11 is 0. The maximum atomic E-state index is 14.3. The summed E-state index contributed by atoms with van der Waals surface area (Å²) in [5, 5.41) is 5.78. The maximum absolute atomic E-state index is 14.3. The highest BCUT2D eigenvalue weighted by molar-refractivity contribution is 5.93. The van der Waals surface area contributed by atoms with E-state index in [1.807, 2.05) is 51.1 Å². The van der Waals surface area contributed by atoms with Crippen LogP contribution in [0, 0.1) is 18.7 Å². The van der Waals surface area contributed by atoms with E-state index in [9.17, 15) is 14.0 Å². The van der Waals surface area contributed by atoms with Crippen LogP contribution in [0.4, 0.5) is 15.1 Å². The lowest BCUT2D eigenvalue weighted by atomic mass is 10.1. The highest BCUT2D eigenvalue weighted by Crippen LogP contribution is 2.30. The highest BCUT2D eigenvalue weighted by Gasteiger charge is 2.30. The van der Waals surface area contributed by atoms with Crippen molar-refractivity contribution in [2.75, 3.05) is 18.4 Å². The lowest BCUT2D eigenvalue weighted by Crippen LogP contribution is -2.51. The third kappa shape index (κ3) is 6.47. The van der Waals surface area contributed by atoms with Gasteiger partial charge in [0.1, 0.15) is 12.4 Å². The van der Waals surface area contributed by atoms with Crippen molar-refractivity contribution in [2.24, 2.45) is 5.92 Å². The average Bonchev–Trinajstić information content (AvgIpc) is 3.52. The van der Waals surface area contributed by atoms with Crippen LogP contribution < -0.4 is 10.6 Å². The number of nitrogens with zero attached hydrogens (tertiary/aromatic N) is 3. The molecule has 1 fully saturated rings. The molecule has 3 aromatic rings. The molecule has 0 unspecified atom stereocenters. The molecule has 0 spiro atoms. The fourth-order valence-electron chi connectivity index (χ4n) is 3.71. The molecule has 0 radical (unpaired) electrons. The first-order valence-corrected chi connectivity index (χ1v) is 11.9.